The minimum absolute atomic E-state index is 0.0262. The van der Waals surface area contributed by atoms with Gasteiger partial charge in [0.2, 0.25) is 11.8 Å². The van der Waals surface area contributed by atoms with E-state index in [0.717, 1.165) is 18.4 Å². The number of aliphatic hydroxyl groups excluding tert-OH is 3. The molecule has 1 aliphatic carbocycles. The lowest BCUT2D eigenvalue weighted by atomic mass is 9.98. The third kappa shape index (κ3) is 6.65. The second-order valence-corrected chi connectivity index (χ2v) is 11.1. The molecule has 6 atom stereocenters. The van der Waals surface area contributed by atoms with E-state index in [4.69, 9.17) is 4.74 Å². The Morgan fingerprint density at radius 3 is 2.42 bits per heavy atom. The Morgan fingerprint density at radius 2 is 1.78 bits per heavy atom. The van der Waals surface area contributed by atoms with Crippen LogP contribution in [0.3, 0.4) is 0 Å². The van der Waals surface area contributed by atoms with E-state index in [1.165, 1.54) is 0 Å². The molecule has 0 aromatic heterocycles. The Morgan fingerprint density at radius 1 is 1.06 bits per heavy atom. The van der Waals surface area contributed by atoms with Gasteiger partial charge in [-0.05, 0) is 38.0 Å². The molecule has 4 N–H and O–H groups in total. The summed E-state index contributed by atoms with van der Waals surface area (Å²) in [5.74, 6) is -1.40. The summed E-state index contributed by atoms with van der Waals surface area (Å²) in [5.41, 5.74) is 0.354. The molecule has 0 aromatic rings. The first kappa shape index (κ1) is 28.6. The standard InChI is InChI=1S/C26H42N2O8/c1-16(2)23(32)27-9-4-5-18(8-10-27)6-7-20(29)22(31)21(30)14-36-13-17(3)24(33)28-12-19-11-26(19,15-28)25(34)35/h5,16-17,19-22,29-31H,4,6-15H2,1-3H3,(H,34,35)/t17?,19?,20-,21+,22-,26?/m0/s1. The van der Waals surface area contributed by atoms with E-state index in [-0.39, 0.29) is 49.8 Å². The van der Waals surface area contributed by atoms with Crippen LogP contribution in [-0.4, -0.2) is 106 Å². The molecular weight excluding hydrogens is 468 g/mol. The molecule has 0 spiro atoms. The van der Waals surface area contributed by atoms with Crippen LogP contribution in [0.2, 0.25) is 0 Å². The van der Waals surface area contributed by atoms with Crippen LogP contribution < -0.4 is 0 Å². The van der Waals surface area contributed by atoms with E-state index in [1.807, 2.05) is 18.7 Å². The highest BCUT2D eigenvalue weighted by Crippen LogP contribution is 2.58. The van der Waals surface area contributed by atoms with Gasteiger partial charge in [0.25, 0.3) is 0 Å². The Kier molecular flexibility index (Phi) is 9.54. The Hall–Kier alpha value is -2.01. The molecule has 3 unspecified atom stereocenters. The highest BCUT2D eigenvalue weighted by Gasteiger charge is 2.66. The van der Waals surface area contributed by atoms with Crippen LogP contribution in [0.5, 0.6) is 0 Å². The molecule has 3 aliphatic rings. The Labute approximate surface area is 212 Å². The lowest BCUT2D eigenvalue weighted by Gasteiger charge is -2.25. The maximum Gasteiger partial charge on any atom is 0.311 e. The molecule has 10 nitrogen and oxygen atoms in total. The molecule has 0 radical (unpaired) electrons. The molecule has 204 valence electrons. The number of aliphatic hydroxyl groups is 3. The fourth-order valence-electron chi connectivity index (χ4n) is 5.32. The van der Waals surface area contributed by atoms with Crippen molar-refractivity contribution in [3.05, 3.63) is 11.6 Å². The van der Waals surface area contributed by atoms with Gasteiger partial charge in [-0.25, -0.2) is 0 Å². The molecule has 2 heterocycles. The SMILES string of the molecule is CC(C)C(=O)N1CCC=C(CC[C@H](O)[C@H](O)[C@H](O)COCC(C)C(=O)N2CC3CC3(C(=O)O)C2)CC1. The molecular formula is C26H42N2O8. The number of nitrogens with zero attached hydrogens (tertiary/aromatic N) is 2. The number of carbonyl (C=O) groups excluding carboxylic acids is 2. The zero-order valence-electron chi connectivity index (χ0n) is 21.6. The van der Waals surface area contributed by atoms with Crippen LogP contribution in [-0.2, 0) is 19.1 Å². The number of ether oxygens (including phenoxy) is 1. The summed E-state index contributed by atoms with van der Waals surface area (Å²) in [6, 6.07) is 0. The van der Waals surface area contributed by atoms with Gasteiger partial charge < -0.3 is 35.0 Å². The van der Waals surface area contributed by atoms with Crippen molar-refractivity contribution in [2.45, 2.75) is 71.2 Å². The number of fused-ring (bicyclic) bond motifs is 1. The maximum atomic E-state index is 12.6. The van der Waals surface area contributed by atoms with Crippen molar-refractivity contribution in [3.63, 3.8) is 0 Å². The van der Waals surface area contributed by atoms with Crippen molar-refractivity contribution >= 4 is 17.8 Å². The lowest BCUT2D eigenvalue weighted by Crippen LogP contribution is -2.41. The summed E-state index contributed by atoms with van der Waals surface area (Å²) in [6.07, 6.45) is 1.21. The molecule has 1 saturated heterocycles. The molecule has 1 saturated carbocycles. The highest BCUT2D eigenvalue weighted by atomic mass is 16.5. The van der Waals surface area contributed by atoms with Gasteiger partial charge in [0.1, 0.15) is 12.2 Å². The predicted molar refractivity (Wildman–Crippen MR) is 131 cm³/mol. The van der Waals surface area contributed by atoms with Crippen molar-refractivity contribution in [2.24, 2.45) is 23.2 Å². The van der Waals surface area contributed by atoms with Gasteiger partial charge in [-0.2, -0.15) is 0 Å². The quantitative estimate of drug-likeness (QED) is 0.280. The number of carboxylic acids is 1. The number of rotatable bonds is 12. The number of hydrogen-bond acceptors (Lipinski definition) is 7. The average Bonchev–Trinajstić information content (AvgIpc) is 3.50. The van der Waals surface area contributed by atoms with Gasteiger partial charge in [-0.1, -0.05) is 32.4 Å². The lowest BCUT2D eigenvalue weighted by molar-refractivity contribution is -0.144. The van der Waals surface area contributed by atoms with Crippen molar-refractivity contribution in [2.75, 3.05) is 39.4 Å². The van der Waals surface area contributed by atoms with E-state index in [1.54, 1.807) is 11.8 Å². The van der Waals surface area contributed by atoms with E-state index in [0.29, 0.717) is 32.5 Å². The average molecular weight is 511 g/mol. The molecule has 36 heavy (non-hydrogen) atoms. The number of amides is 2. The van der Waals surface area contributed by atoms with Crippen LogP contribution in [0.1, 0.15) is 52.9 Å². The van der Waals surface area contributed by atoms with Gasteiger partial charge in [0.15, 0.2) is 0 Å². The fraction of sp³-hybridized carbons (Fsp3) is 0.808. The number of aliphatic carboxylic acids is 1. The predicted octanol–water partition coefficient (Wildman–Crippen LogP) is 0.640. The highest BCUT2D eigenvalue weighted by molar-refractivity contribution is 5.84. The molecule has 3 rings (SSSR count). The zero-order valence-corrected chi connectivity index (χ0v) is 21.6. The normalized spacial score (nSPS) is 27.1. The van der Waals surface area contributed by atoms with Crippen LogP contribution in [0.15, 0.2) is 11.6 Å². The third-order valence-electron chi connectivity index (χ3n) is 7.85. The van der Waals surface area contributed by atoms with Gasteiger partial charge in [0, 0.05) is 32.1 Å². The third-order valence-corrected chi connectivity index (χ3v) is 7.85. The molecule has 0 aromatic carbocycles. The van der Waals surface area contributed by atoms with Gasteiger partial charge in [0.05, 0.1) is 30.7 Å². The van der Waals surface area contributed by atoms with Gasteiger partial charge in [-0.3, -0.25) is 14.4 Å². The largest absolute Gasteiger partial charge is 0.481 e. The summed E-state index contributed by atoms with van der Waals surface area (Å²) in [7, 11) is 0. The van der Waals surface area contributed by atoms with Crippen molar-refractivity contribution < 1.29 is 39.5 Å². The van der Waals surface area contributed by atoms with E-state index in [2.05, 4.69) is 6.08 Å². The Bertz CT molecular complexity index is 846. The molecule has 10 heteroatoms. The smallest absolute Gasteiger partial charge is 0.311 e. The first-order chi connectivity index (χ1) is 17.0. The van der Waals surface area contributed by atoms with Crippen LogP contribution in [0, 0.1) is 23.2 Å². The zero-order chi connectivity index (χ0) is 26.6. The molecule has 2 amide bonds. The summed E-state index contributed by atoms with van der Waals surface area (Å²) in [5, 5.41) is 40.3. The van der Waals surface area contributed by atoms with E-state index in [9.17, 15) is 34.8 Å². The second kappa shape index (κ2) is 12.0. The number of carbonyl (C=O) groups is 3. The minimum atomic E-state index is -1.39. The number of carboxylic acid groups (broad SMARTS) is 1. The minimum Gasteiger partial charge on any atom is -0.481 e. The van der Waals surface area contributed by atoms with Gasteiger partial charge in [-0.15, -0.1) is 0 Å². The van der Waals surface area contributed by atoms with Crippen LogP contribution in [0.25, 0.3) is 0 Å². The van der Waals surface area contributed by atoms with E-state index < -0.39 is 35.6 Å². The summed E-state index contributed by atoms with van der Waals surface area (Å²) >= 11 is 0. The number of likely N-dealkylation sites (tertiary alicyclic amines) is 1. The second-order valence-electron chi connectivity index (χ2n) is 11.1. The first-order valence-electron chi connectivity index (χ1n) is 13.1. The summed E-state index contributed by atoms with van der Waals surface area (Å²) < 4.78 is 5.45. The topological polar surface area (TPSA) is 148 Å². The number of piperidine rings is 1. The van der Waals surface area contributed by atoms with Crippen molar-refractivity contribution in [3.8, 4) is 0 Å². The molecule has 2 aliphatic heterocycles. The molecule has 2 fully saturated rings. The van der Waals surface area contributed by atoms with Crippen molar-refractivity contribution in [1.29, 1.82) is 0 Å². The summed E-state index contributed by atoms with van der Waals surface area (Å²) in [4.78, 5) is 39.7. The maximum absolute atomic E-state index is 12.6. The Balaban J connectivity index is 1.33. The summed E-state index contributed by atoms with van der Waals surface area (Å²) in [6.45, 7) is 7.26. The van der Waals surface area contributed by atoms with Crippen molar-refractivity contribution in [1.82, 2.24) is 9.80 Å². The fourth-order valence-corrected chi connectivity index (χ4v) is 5.32. The first-order valence-corrected chi connectivity index (χ1v) is 13.1. The van der Waals surface area contributed by atoms with Gasteiger partial charge >= 0.3 is 5.97 Å². The van der Waals surface area contributed by atoms with Crippen LogP contribution >= 0.6 is 0 Å². The number of hydrogen-bond donors (Lipinski definition) is 4. The van der Waals surface area contributed by atoms with Crippen LogP contribution in [0.4, 0.5) is 0 Å². The molecule has 0 bridgehead atoms. The van der Waals surface area contributed by atoms with E-state index >= 15 is 0 Å². The monoisotopic (exact) mass is 510 g/mol.